The molecule has 6 rings (SSSR count). The Kier molecular flexibility index (Phi) is 4.32. The molecule has 32 heavy (non-hydrogen) atoms. The highest BCUT2D eigenvalue weighted by Crippen LogP contribution is 2.50. The molecule has 4 heterocycles. The maximum atomic E-state index is 5.65. The lowest BCUT2D eigenvalue weighted by Gasteiger charge is -2.27. The first kappa shape index (κ1) is 19.1. The zero-order chi connectivity index (χ0) is 21.7. The number of ether oxygens (including phenoxy) is 1. The van der Waals surface area contributed by atoms with Gasteiger partial charge in [-0.15, -0.1) is 0 Å². The van der Waals surface area contributed by atoms with Crippen LogP contribution in [-0.4, -0.2) is 42.9 Å². The fourth-order valence-electron chi connectivity index (χ4n) is 4.28. The summed E-state index contributed by atoms with van der Waals surface area (Å²) >= 11 is 0. The highest BCUT2D eigenvalue weighted by Gasteiger charge is 2.47. The Bertz CT molecular complexity index is 1240. The minimum atomic E-state index is -0.331. The van der Waals surface area contributed by atoms with Crippen LogP contribution in [0, 0.1) is 5.92 Å². The fourth-order valence-corrected chi connectivity index (χ4v) is 4.28. The number of nitrogens with two attached hydrogens (primary N) is 1. The standard InChI is InChI=1S/C23H23N7O2/c1-23(17-6-7-17,16-4-2-14(3-5-16)15-8-25-22(24)26-9-15)21-28-20(32-29-21)19-10-30(13-27-19)18-11-31-12-18/h2-5,8-10,13,17-18H,6-7,11-12H2,1H3,(H2,24,25,26). The van der Waals surface area contributed by atoms with Gasteiger partial charge in [0.15, 0.2) is 5.82 Å². The van der Waals surface area contributed by atoms with Gasteiger partial charge in [-0.2, -0.15) is 4.98 Å². The number of imidazole rings is 1. The van der Waals surface area contributed by atoms with E-state index in [0.29, 0.717) is 42.6 Å². The van der Waals surface area contributed by atoms with Crippen LogP contribution in [-0.2, 0) is 10.2 Å². The lowest BCUT2D eigenvalue weighted by molar-refractivity contribution is -0.0233. The molecule has 1 saturated carbocycles. The van der Waals surface area contributed by atoms with Crippen LogP contribution >= 0.6 is 0 Å². The third kappa shape index (κ3) is 3.16. The topological polar surface area (TPSA) is 118 Å². The SMILES string of the molecule is CC(c1ccc(-c2cnc(N)nc2)cc1)(c1noc(-c2cn(C3COC3)cn2)n1)C1CC1. The summed E-state index contributed by atoms with van der Waals surface area (Å²) in [5, 5.41) is 4.39. The Morgan fingerprint density at radius 2 is 1.78 bits per heavy atom. The lowest BCUT2D eigenvalue weighted by atomic mass is 9.77. The van der Waals surface area contributed by atoms with Crippen LogP contribution in [0.2, 0.25) is 0 Å². The van der Waals surface area contributed by atoms with E-state index in [1.54, 1.807) is 18.7 Å². The first-order valence-electron chi connectivity index (χ1n) is 10.8. The summed E-state index contributed by atoms with van der Waals surface area (Å²) in [6.45, 7) is 3.62. The predicted molar refractivity (Wildman–Crippen MR) is 116 cm³/mol. The Morgan fingerprint density at radius 3 is 2.44 bits per heavy atom. The number of nitrogen functional groups attached to an aromatic ring is 1. The van der Waals surface area contributed by atoms with Crippen LogP contribution in [0.4, 0.5) is 5.95 Å². The van der Waals surface area contributed by atoms with Crippen LogP contribution < -0.4 is 5.73 Å². The molecule has 1 aliphatic heterocycles. The molecular formula is C23H23N7O2. The molecule has 1 saturated heterocycles. The lowest BCUT2D eigenvalue weighted by Crippen LogP contribution is -2.29. The monoisotopic (exact) mass is 429 g/mol. The largest absolute Gasteiger partial charge is 0.377 e. The van der Waals surface area contributed by atoms with E-state index in [2.05, 4.69) is 51.3 Å². The maximum absolute atomic E-state index is 5.65. The third-order valence-corrected chi connectivity index (χ3v) is 6.64. The second-order valence-electron chi connectivity index (χ2n) is 8.70. The van der Waals surface area contributed by atoms with Gasteiger partial charge in [0.2, 0.25) is 5.95 Å². The van der Waals surface area contributed by atoms with Crippen molar-refractivity contribution in [2.75, 3.05) is 18.9 Å². The van der Waals surface area contributed by atoms with E-state index in [9.17, 15) is 0 Å². The zero-order valence-electron chi connectivity index (χ0n) is 17.7. The molecule has 0 radical (unpaired) electrons. The van der Waals surface area contributed by atoms with Crippen molar-refractivity contribution in [3.05, 3.63) is 60.6 Å². The van der Waals surface area contributed by atoms with Gasteiger partial charge in [-0.3, -0.25) is 0 Å². The molecule has 0 spiro atoms. The van der Waals surface area contributed by atoms with E-state index in [0.717, 1.165) is 29.5 Å². The molecule has 1 atom stereocenters. The van der Waals surface area contributed by atoms with Crippen molar-refractivity contribution in [3.63, 3.8) is 0 Å². The molecule has 2 N–H and O–H groups in total. The third-order valence-electron chi connectivity index (χ3n) is 6.64. The number of benzene rings is 1. The number of hydrogen-bond acceptors (Lipinski definition) is 8. The number of hydrogen-bond donors (Lipinski definition) is 1. The molecule has 1 aromatic carbocycles. The predicted octanol–water partition coefficient (Wildman–Crippen LogP) is 3.26. The molecule has 1 unspecified atom stereocenters. The van der Waals surface area contributed by atoms with Crippen LogP contribution in [0.25, 0.3) is 22.7 Å². The van der Waals surface area contributed by atoms with E-state index in [-0.39, 0.29) is 11.4 Å². The summed E-state index contributed by atoms with van der Waals surface area (Å²) in [7, 11) is 0. The molecule has 0 amide bonds. The molecule has 2 fully saturated rings. The van der Waals surface area contributed by atoms with Gasteiger partial charge in [0, 0.05) is 24.2 Å². The first-order chi connectivity index (χ1) is 15.6. The summed E-state index contributed by atoms with van der Waals surface area (Å²) < 4.78 is 13.0. The Hall–Kier alpha value is -3.59. The normalized spacial score (nSPS) is 18.3. The van der Waals surface area contributed by atoms with Crippen molar-refractivity contribution in [3.8, 4) is 22.7 Å². The average molecular weight is 429 g/mol. The number of aromatic nitrogens is 6. The smallest absolute Gasteiger partial charge is 0.278 e. The van der Waals surface area contributed by atoms with Crippen molar-refractivity contribution < 1.29 is 9.26 Å². The van der Waals surface area contributed by atoms with Crippen molar-refractivity contribution >= 4 is 5.95 Å². The number of rotatable bonds is 6. The second kappa shape index (κ2) is 7.23. The highest BCUT2D eigenvalue weighted by molar-refractivity contribution is 5.62. The maximum Gasteiger partial charge on any atom is 0.278 e. The van der Waals surface area contributed by atoms with Crippen LogP contribution in [0.5, 0.6) is 0 Å². The Morgan fingerprint density at radius 1 is 1.03 bits per heavy atom. The molecular weight excluding hydrogens is 406 g/mol. The minimum absolute atomic E-state index is 0.269. The highest BCUT2D eigenvalue weighted by atomic mass is 16.5. The first-order valence-corrected chi connectivity index (χ1v) is 10.8. The summed E-state index contributed by atoms with van der Waals surface area (Å²) in [5.74, 6) is 1.88. The number of nitrogens with zero attached hydrogens (tertiary/aromatic N) is 6. The van der Waals surface area contributed by atoms with Crippen LogP contribution in [0.3, 0.4) is 0 Å². The summed E-state index contributed by atoms with van der Waals surface area (Å²) in [6.07, 6.45) is 9.50. The van der Waals surface area contributed by atoms with Crippen molar-refractivity contribution in [1.82, 2.24) is 29.7 Å². The van der Waals surface area contributed by atoms with Gasteiger partial charge in [-0.25, -0.2) is 15.0 Å². The van der Waals surface area contributed by atoms with Gasteiger partial charge < -0.3 is 19.6 Å². The quantitative estimate of drug-likeness (QED) is 0.496. The van der Waals surface area contributed by atoms with Gasteiger partial charge in [-0.05, 0) is 36.8 Å². The minimum Gasteiger partial charge on any atom is -0.377 e. The Balaban J connectivity index is 1.31. The van der Waals surface area contributed by atoms with Gasteiger partial charge in [-0.1, -0.05) is 29.4 Å². The average Bonchev–Trinajstić information content (AvgIpc) is 3.33. The van der Waals surface area contributed by atoms with E-state index < -0.39 is 0 Å². The molecule has 1 aliphatic carbocycles. The summed E-state index contributed by atoms with van der Waals surface area (Å²) in [5.41, 5.74) is 9.08. The zero-order valence-corrected chi connectivity index (χ0v) is 17.7. The molecule has 2 aliphatic rings. The Labute approximate surface area is 184 Å². The van der Waals surface area contributed by atoms with Gasteiger partial charge in [0.05, 0.1) is 31.0 Å². The van der Waals surface area contributed by atoms with E-state index in [1.165, 1.54) is 0 Å². The summed E-state index contributed by atoms with van der Waals surface area (Å²) in [6, 6.07) is 8.75. The molecule has 0 bridgehead atoms. The van der Waals surface area contributed by atoms with E-state index in [4.69, 9.17) is 20.0 Å². The molecule has 4 aromatic rings. The van der Waals surface area contributed by atoms with Gasteiger partial charge >= 0.3 is 0 Å². The molecule has 162 valence electrons. The second-order valence-corrected chi connectivity index (χ2v) is 8.70. The van der Waals surface area contributed by atoms with E-state index in [1.807, 2.05) is 10.8 Å². The van der Waals surface area contributed by atoms with Crippen molar-refractivity contribution in [2.45, 2.75) is 31.2 Å². The van der Waals surface area contributed by atoms with Crippen LogP contribution in [0.1, 0.15) is 37.2 Å². The molecule has 3 aromatic heterocycles. The molecule has 9 nitrogen and oxygen atoms in total. The van der Waals surface area contributed by atoms with Crippen molar-refractivity contribution in [1.29, 1.82) is 0 Å². The summed E-state index contributed by atoms with van der Waals surface area (Å²) in [4.78, 5) is 17.4. The molecule has 9 heteroatoms. The van der Waals surface area contributed by atoms with Gasteiger partial charge in [0.25, 0.3) is 5.89 Å². The van der Waals surface area contributed by atoms with E-state index >= 15 is 0 Å². The van der Waals surface area contributed by atoms with Gasteiger partial charge in [0.1, 0.15) is 5.69 Å². The fraction of sp³-hybridized carbons (Fsp3) is 0.348. The number of anilines is 1. The van der Waals surface area contributed by atoms with Crippen molar-refractivity contribution in [2.24, 2.45) is 5.92 Å². The van der Waals surface area contributed by atoms with Crippen LogP contribution in [0.15, 0.2) is 53.7 Å².